The van der Waals surface area contributed by atoms with Gasteiger partial charge < -0.3 is 4.74 Å². The maximum absolute atomic E-state index is 14.1. The van der Waals surface area contributed by atoms with Gasteiger partial charge in [0.15, 0.2) is 0 Å². The summed E-state index contributed by atoms with van der Waals surface area (Å²) in [7, 11) is 0. The Morgan fingerprint density at radius 1 is 1.12 bits per heavy atom. The highest BCUT2D eigenvalue weighted by Gasteiger charge is 2.35. The van der Waals surface area contributed by atoms with E-state index in [2.05, 4.69) is 5.10 Å². The lowest BCUT2D eigenvalue weighted by Crippen LogP contribution is -2.30. The number of halogens is 4. The number of hydrogen-bond donors (Lipinski definition) is 1. The Bertz CT molecular complexity index is 875. The van der Waals surface area contributed by atoms with Crippen LogP contribution >= 0.6 is 0 Å². The van der Waals surface area contributed by atoms with Crippen molar-refractivity contribution < 1.29 is 27.1 Å². The van der Waals surface area contributed by atoms with Gasteiger partial charge in [-0.1, -0.05) is 24.3 Å². The molecule has 0 saturated carbocycles. The topological polar surface area (TPSA) is 50.7 Å². The Hall–Kier alpha value is -2.90. The minimum atomic E-state index is -4.69. The van der Waals surface area contributed by atoms with Gasteiger partial charge in [0.1, 0.15) is 18.1 Å². The number of hydrogen-bond acceptors (Lipinski definition) is 3. The van der Waals surface area contributed by atoms with Crippen molar-refractivity contribution in [3.8, 4) is 11.1 Å². The average molecular weight is 352 g/mol. The first kappa shape index (κ1) is 16.9. The molecule has 25 heavy (non-hydrogen) atoms. The molecule has 1 aliphatic heterocycles. The number of carbonyl (C=O) groups is 1. The molecule has 0 radical (unpaired) electrons. The Morgan fingerprint density at radius 2 is 1.84 bits per heavy atom. The molecule has 0 unspecified atom stereocenters. The molecule has 0 aromatic heterocycles. The predicted octanol–water partition coefficient (Wildman–Crippen LogP) is 4.26. The van der Waals surface area contributed by atoms with Crippen LogP contribution in [-0.2, 0) is 10.9 Å². The lowest BCUT2D eigenvalue weighted by molar-refractivity contribution is -0.137. The van der Waals surface area contributed by atoms with Crippen molar-refractivity contribution in [1.82, 2.24) is 5.43 Å². The van der Waals surface area contributed by atoms with E-state index >= 15 is 0 Å². The summed E-state index contributed by atoms with van der Waals surface area (Å²) in [5.74, 6) is -0.733. The maximum Gasteiger partial charge on any atom is 0.428 e. The number of aryl methyl sites for hydroxylation is 1. The first-order valence-corrected chi connectivity index (χ1v) is 7.23. The van der Waals surface area contributed by atoms with Gasteiger partial charge in [0, 0.05) is 11.1 Å². The number of hydrazone groups is 1. The third-order valence-electron chi connectivity index (χ3n) is 3.70. The van der Waals surface area contributed by atoms with Crippen molar-refractivity contribution in [1.29, 1.82) is 0 Å². The van der Waals surface area contributed by atoms with Crippen molar-refractivity contribution in [3.05, 3.63) is 58.9 Å². The summed E-state index contributed by atoms with van der Waals surface area (Å²) >= 11 is 0. The molecular formula is C17H12F4N2O2. The molecule has 0 bridgehead atoms. The van der Waals surface area contributed by atoms with E-state index in [9.17, 15) is 22.4 Å². The maximum atomic E-state index is 14.1. The second-order valence-electron chi connectivity index (χ2n) is 5.49. The number of nitrogens with zero attached hydrogens (tertiary/aromatic N) is 1. The van der Waals surface area contributed by atoms with Crippen LogP contribution in [0.2, 0.25) is 0 Å². The number of amides is 1. The van der Waals surface area contributed by atoms with Crippen molar-refractivity contribution in [2.75, 3.05) is 6.61 Å². The monoisotopic (exact) mass is 352 g/mol. The van der Waals surface area contributed by atoms with Crippen LogP contribution in [0, 0.1) is 12.7 Å². The average Bonchev–Trinajstić information content (AvgIpc) is 2.54. The minimum absolute atomic E-state index is 0.128. The van der Waals surface area contributed by atoms with E-state index in [1.807, 2.05) is 5.43 Å². The lowest BCUT2D eigenvalue weighted by Gasteiger charge is -2.18. The Balaban J connectivity index is 2.12. The van der Waals surface area contributed by atoms with Crippen LogP contribution in [0.15, 0.2) is 41.5 Å². The third-order valence-corrected chi connectivity index (χ3v) is 3.70. The molecule has 0 saturated heterocycles. The van der Waals surface area contributed by atoms with Gasteiger partial charge in [-0.3, -0.25) is 0 Å². The largest absolute Gasteiger partial charge is 0.442 e. The van der Waals surface area contributed by atoms with Gasteiger partial charge in [-0.15, -0.1) is 0 Å². The molecule has 1 N–H and O–H groups in total. The molecule has 0 fully saturated rings. The number of cyclic esters (lactones) is 1. The number of rotatable bonds is 2. The molecule has 8 heteroatoms. The van der Waals surface area contributed by atoms with E-state index in [4.69, 9.17) is 4.74 Å². The van der Waals surface area contributed by atoms with Gasteiger partial charge in [0.05, 0.1) is 5.56 Å². The molecular weight excluding hydrogens is 340 g/mol. The molecule has 2 aromatic carbocycles. The van der Waals surface area contributed by atoms with E-state index in [1.165, 1.54) is 24.3 Å². The first-order valence-electron chi connectivity index (χ1n) is 7.23. The zero-order valence-electron chi connectivity index (χ0n) is 12.9. The van der Waals surface area contributed by atoms with Gasteiger partial charge in [0.2, 0.25) is 0 Å². The summed E-state index contributed by atoms with van der Waals surface area (Å²) in [6.45, 7) is 1.40. The zero-order chi connectivity index (χ0) is 18.2. The van der Waals surface area contributed by atoms with Crippen LogP contribution in [0.3, 0.4) is 0 Å². The van der Waals surface area contributed by atoms with Gasteiger partial charge in [0.25, 0.3) is 0 Å². The molecule has 3 rings (SSSR count). The molecule has 1 aliphatic rings. The number of alkyl halides is 3. The van der Waals surface area contributed by atoms with Crippen LogP contribution in [0.25, 0.3) is 11.1 Å². The number of benzene rings is 2. The third kappa shape index (κ3) is 3.47. The molecule has 2 aromatic rings. The summed E-state index contributed by atoms with van der Waals surface area (Å²) in [5.41, 5.74) is 1.51. The fourth-order valence-electron chi connectivity index (χ4n) is 2.49. The normalized spacial score (nSPS) is 14.6. The van der Waals surface area contributed by atoms with E-state index in [0.717, 1.165) is 6.07 Å². The van der Waals surface area contributed by atoms with Crippen LogP contribution in [0.4, 0.5) is 22.4 Å². The fraction of sp³-hybridized carbons (Fsp3) is 0.176. The molecule has 130 valence electrons. The highest BCUT2D eigenvalue weighted by Crippen LogP contribution is 2.38. The standard InChI is InChI=1S/C17H12F4N2O2/c1-9-2-4-12(14(18)6-9)11-5-3-10(7-13(11)17(19,20)21)15-8-25-16(24)23-22-15/h2-7H,8H2,1H3,(H,23,24). The van der Waals surface area contributed by atoms with Crippen molar-refractivity contribution in [2.45, 2.75) is 13.1 Å². The summed E-state index contributed by atoms with van der Waals surface area (Å²) in [4.78, 5) is 10.9. The van der Waals surface area contributed by atoms with Crippen LogP contribution in [0.1, 0.15) is 16.7 Å². The second kappa shape index (κ2) is 6.19. The zero-order valence-corrected chi connectivity index (χ0v) is 12.9. The van der Waals surface area contributed by atoms with Gasteiger partial charge in [-0.25, -0.2) is 14.6 Å². The van der Waals surface area contributed by atoms with Crippen molar-refractivity contribution >= 4 is 11.8 Å². The van der Waals surface area contributed by atoms with Gasteiger partial charge >= 0.3 is 12.3 Å². The lowest BCUT2D eigenvalue weighted by atomic mass is 9.94. The predicted molar refractivity (Wildman–Crippen MR) is 82.6 cm³/mol. The smallest absolute Gasteiger partial charge is 0.428 e. The minimum Gasteiger partial charge on any atom is -0.442 e. The van der Waals surface area contributed by atoms with Gasteiger partial charge in [-0.05, 0) is 30.2 Å². The number of nitrogens with one attached hydrogen (secondary N) is 1. The molecule has 4 nitrogen and oxygen atoms in total. The summed E-state index contributed by atoms with van der Waals surface area (Å²) in [5, 5.41) is 3.69. The first-order chi connectivity index (χ1) is 11.8. The van der Waals surface area contributed by atoms with Gasteiger partial charge in [-0.2, -0.15) is 18.3 Å². The second-order valence-corrected chi connectivity index (χ2v) is 5.49. The quantitative estimate of drug-likeness (QED) is 0.821. The van der Waals surface area contributed by atoms with E-state index in [0.29, 0.717) is 5.56 Å². The number of ether oxygens (including phenoxy) is 1. The summed E-state index contributed by atoms with van der Waals surface area (Å²) < 4.78 is 59.3. The Morgan fingerprint density at radius 3 is 2.44 bits per heavy atom. The summed E-state index contributed by atoms with van der Waals surface area (Å²) in [6, 6.07) is 7.47. The SMILES string of the molecule is Cc1ccc(-c2ccc(C3=NNC(=O)OC3)cc2C(F)(F)F)c(F)c1. The molecule has 1 heterocycles. The Kier molecular flexibility index (Phi) is 4.20. The van der Waals surface area contributed by atoms with E-state index in [-0.39, 0.29) is 29.0 Å². The van der Waals surface area contributed by atoms with Crippen molar-refractivity contribution in [3.63, 3.8) is 0 Å². The van der Waals surface area contributed by atoms with Crippen LogP contribution < -0.4 is 5.43 Å². The van der Waals surface area contributed by atoms with Crippen LogP contribution in [-0.4, -0.2) is 18.4 Å². The fourth-order valence-corrected chi connectivity index (χ4v) is 2.49. The molecule has 0 aliphatic carbocycles. The summed E-state index contributed by atoms with van der Waals surface area (Å²) in [6.07, 6.45) is -5.47. The van der Waals surface area contributed by atoms with Crippen LogP contribution in [0.5, 0.6) is 0 Å². The Labute approximate surface area is 140 Å². The van der Waals surface area contributed by atoms with E-state index in [1.54, 1.807) is 13.0 Å². The highest BCUT2D eigenvalue weighted by atomic mass is 19.4. The van der Waals surface area contributed by atoms with E-state index < -0.39 is 23.7 Å². The number of carbonyl (C=O) groups excluding carboxylic acids is 1. The molecule has 1 amide bonds. The molecule has 0 spiro atoms. The van der Waals surface area contributed by atoms with Crippen molar-refractivity contribution in [2.24, 2.45) is 5.10 Å². The molecule has 0 atom stereocenters. The highest BCUT2D eigenvalue weighted by molar-refractivity contribution is 6.04.